The van der Waals surface area contributed by atoms with Crippen molar-refractivity contribution in [3.05, 3.63) is 123 Å². The number of aliphatic hydroxyl groups is 1. The first-order chi connectivity index (χ1) is 41.8. The Morgan fingerprint density at radius 1 is 0.818 bits per heavy atom. The van der Waals surface area contributed by atoms with Gasteiger partial charge in [-0.2, -0.15) is 13.2 Å². The molecule has 25 heteroatoms. The van der Waals surface area contributed by atoms with Gasteiger partial charge in [-0.25, -0.2) is 9.37 Å². The van der Waals surface area contributed by atoms with E-state index < -0.39 is 75.9 Å². The average Bonchev–Trinajstić information content (AvgIpc) is 3.09. The minimum absolute atomic E-state index is 0.0350. The SMILES string of the molecule is Cc1ncsc1-c1ccc(CNC(=O)[C@@H]2C[C@@H](O)CN2C(=O)[C@@H](NC(=O)CCOCCOCCC(=O)NCCN2CCN(Cc3ccc(F)c(-c4ccc(N5C[C@@H](C)N(C)[C@@H](C)C5)c(NC(=O)c5c[nH]c(=O)cc5C(F)(F)F)c4)c3)CC2)C(C)(C)C)cc1. The Bertz CT molecular complexity index is 3280. The Labute approximate surface area is 514 Å². The fourth-order valence-corrected chi connectivity index (χ4v) is 12.0. The predicted octanol–water partition coefficient (Wildman–Crippen LogP) is 6.27. The van der Waals surface area contributed by atoms with Crippen molar-refractivity contribution in [1.29, 1.82) is 0 Å². The van der Waals surface area contributed by atoms with E-state index in [0.717, 1.165) is 59.6 Å². The van der Waals surface area contributed by atoms with Crippen molar-refractivity contribution in [3.8, 4) is 21.6 Å². The van der Waals surface area contributed by atoms with Crippen molar-refractivity contribution in [2.24, 2.45) is 5.41 Å². The van der Waals surface area contributed by atoms with Crippen LogP contribution in [0, 0.1) is 18.2 Å². The molecule has 0 saturated carbocycles. The zero-order valence-electron chi connectivity index (χ0n) is 50.9. The first-order valence-electron chi connectivity index (χ1n) is 29.8. The van der Waals surface area contributed by atoms with Gasteiger partial charge >= 0.3 is 6.18 Å². The lowest BCUT2D eigenvalue weighted by Gasteiger charge is -2.44. The van der Waals surface area contributed by atoms with Crippen molar-refractivity contribution < 1.29 is 56.1 Å². The number of hydrogen-bond donors (Lipinski definition) is 6. The van der Waals surface area contributed by atoms with Crippen LogP contribution in [-0.2, 0) is 47.9 Å². The molecule has 476 valence electrons. The number of likely N-dealkylation sites (N-methyl/N-ethyl adjacent to an activating group) is 1. The molecule has 3 aromatic carbocycles. The number of likely N-dealkylation sites (tertiary alicyclic amines) is 1. The van der Waals surface area contributed by atoms with Crippen LogP contribution in [-0.4, -0.2) is 187 Å². The number of benzene rings is 3. The molecule has 20 nitrogen and oxygen atoms in total. The van der Waals surface area contributed by atoms with Crippen molar-refractivity contribution in [1.82, 2.24) is 45.5 Å². The summed E-state index contributed by atoms with van der Waals surface area (Å²) >= 11 is 1.56. The number of hydrogen-bond acceptors (Lipinski definition) is 15. The van der Waals surface area contributed by atoms with E-state index in [-0.39, 0.29) is 88.0 Å². The van der Waals surface area contributed by atoms with Gasteiger partial charge in [-0.3, -0.25) is 43.5 Å². The van der Waals surface area contributed by atoms with E-state index in [4.69, 9.17) is 9.47 Å². The monoisotopic (exact) mass is 1240 g/mol. The maximum atomic E-state index is 15.8. The lowest BCUT2D eigenvalue weighted by Crippen LogP contribution is -2.57. The molecule has 3 aliphatic rings. The molecule has 5 aromatic rings. The quantitative estimate of drug-likeness (QED) is 0.0296. The van der Waals surface area contributed by atoms with Crippen LogP contribution in [0.3, 0.4) is 0 Å². The Balaban J connectivity index is 0.720. The molecule has 3 fully saturated rings. The molecule has 5 amide bonds. The number of aromatic nitrogens is 2. The molecular formula is C63H81F4N11O9S. The number of carbonyl (C=O) groups excluding carboxylic acids is 5. The maximum Gasteiger partial charge on any atom is 0.417 e. The smallest absolute Gasteiger partial charge is 0.391 e. The van der Waals surface area contributed by atoms with E-state index in [1.54, 1.807) is 47.2 Å². The number of nitrogens with zero attached hydrogens (tertiary/aromatic N) is 6. The number of amides is 5. The highest BCUT2D eigenvalue weighted by molar-refractivity contribution is 7.13. The summed E-state index contributed by atoms with van der Waals surface area (Å²) < 4.78 is 69.1. The molecule has 0 aliphatic carbocycles. The highest BCUT2D eigenvalue weighted by Gasteiger charge is 2.45. The van der Waals surface area contributed by atoms with E-state index in [9.17, 15) is 47.0 Å². The van der Waals surface area contributed by atoms with Gasteiger partial charge in [0.05, 0.1) is 71.1 Å². The van der Waals surface area contributed by atoms with E-state index in [1.165, 1.54) is 11.0 Å². The minimum Gasteiger partial charge on any atom is -0.391 e. The van der Waals surface area contributed by atoms with Crippen LogP contribution in [0.25, 0.3) is 21.6 Å². The van der Waals surface area contributed by atoms with Crippen LogP contribution in [0.1, 0.15) is 86.6 Å². The lowest BCUT2D eigenvalue weighted by molar-refractivity contribution is -0.144. The Morgan fingerprint density at radius 3 is 2.11 bits per heavy atom. The number of anilines is 2. The number of aromatic amines is 1. The van der Waals surface area contributed by atoms with E-state index in [0.29, 0.717) is 50.0 Å². The molecule has 5 atom stereocenters. The third-order valence-corrected chi connectivity index (χ3v) is 17.4. The van der Waals surface area contributed by atoms with E-state index >= 15 is 4.39 Å². The molecule has 0 spiro atoms. The number of β-amino-alcohol motifs (C(OH)–C–C–N with tert-alkyl or cyclic N) is 1. The molecule has 8 rings (SSSR count). The molecule has 88 heavy (non-hydrogen) atoms. The van der Waals surface area contributed by atoms with Gasteiger partial charge in [-0.15, -0.1) is 11.3 Å². The number of H-pyrrole nitrogens is 1. The third kappa shape index (κ3) is 17.8. The normalized spacial score (nSPS) is 19.1. The largest absolute Gasteiger partial charge is 0.417 e. The predicted molar refractivity (Wildman–Crippen MR) is 328 cm³/mol. The Morgan fingerprint density at radius 2 is 1.47 bits per heavy atom. The summed E-state index contributed by atoms with van der Waals surface area (Å²) in [6, 6.07) is 16.4. The van der Waals surface area contributed by atoms with Gasteiger partial charge < -0.3 is 50.6 Å². The summed E-state index contributed by atoms with van der Waals surface area (Å²) in [5.41, 5.74) is 3.05. The molecule has 0 unspecified atom stereocenters. The number of aryl methyl sites for hydroxylation is 1. The van der Waals surface area contributed by atoms with Gasteiger partial charge in [-0.05, 0) is 79.8 Å². The van der Waals surface area contributed by atoms with Crippen LogP contribution in [0.4, 0.5) is 28.9 Å². The number of alkyl halides is 3. The molecule has 5 heterocycles. The van der Waals surface area contributed by atoms with Crippen LogP contribution in [0.2, 0.25) is 0 Å². The highest BCUT2D eigenvalue weighted by atomic mass is 32.1. The zero-order chi connectivity index (χ0) is 63.5. The molecule has 6 N–H and O–H groups in total. The fraction of sp³-hybridized carbons (Fsp3) is 0.508. The summed E-state index contributed by atoms with van der Waals surface area (Å²) in [6.45, 7) is 17.9. The third-order valence-electron chi connectivity index (χ3n) is 16.4. The zero-order valence-corrected chi connectivity index (χ0v) is 51.8. The molecular weight excluding hydrogens is 1160 g/mol. The molecule has 0 bridgehead atoms. The number of carbonyl (C=O) groups is 5. The average molecular weight is 1240 g/mol. The molecule has 3 saturated heterocycles. The Kier molecular flexibility index (Phi) is 22.7. The first-order valence-corrected chi connectivity index (χ1v) is 30.6. The fourth-order valence-electron chi connectivity index (χ4n) is 11.2. The topological polar surface area (TPSA) is 234 Å². The van der Waals surface area contributed by atoms with Crippen molar-refractivity contribution in [3.63, 3.8) is 0 Å². The van der Waals surface area contributed by atoms with Gasteiger partial charge in [-0.1, -0.05) is 57.2 Å². The van der Waals surface area contributed by atoms with Gasteiger partial charge in [0.15, 0.2) is 0 Å². The van der Waals surface area contributed by atoms with Crippen LogP contribution >= 0.6 is 11.3 Å². The standard InChI is InChI=1S/C63H81F4N11O9S/c1-39-34-77(35-40(2)74(39)7)52-15-13-45(29-51(52)72-59(83)48-33-69-56(82)31-49(48)63(65,66)67)47-28-43(10-14-50(47)64)36-76-22-20-75(21-23-76)19-18-68-54(80)16-24-86-26-27-87-25-17-55(81)73-58(62(4,5)6)61(85)78-37-46(79)30-53(78)60(84)70-32-42-8-11-44(12-9-42)57-41(3)71-38-88-57/h8-15,28-29,31,33,38-40,46,53,58,79H,16-27,30,32,34-37H2,1-7H3,(H,68,80)(H,69,82)(H,70,84)(H,72,83)(H,73,81)/t39-,40+,46-,53+,58-/m1/s1. The molecule has 0 radical (unpaired) electrons. The summed E-state index contributed by atoms with van der Waals surface area (Å²) in [5.74, 6) is -3.03. The number of nitrogens with one attached hydrogen (secondary N) is 5. The van der Waals surface area contributed by atoms with E-state index in [1.807, 2.05) is 63.9 Å². The van der Waals surface area contributed by atoms with Crippen molar-refractivity contribution in [2.75, 3.05) is 103 Å². The summed E-state index contributed by atoms with van der Waals surface area (Å²) in [5, 5.41) is 22.0. The highest BCUT2D eigenvalue weighted by Crippen LogP contribution is 2.37. The summed E-state index contributed by atoms with van der Waals surface area (Å²) in [6.07, 6.45) is -4.94. The van der Waals surface area contributed by atoms with Crippen LogP contribution < -0.4 is 31.7 Å². The van der Waals surface area contributed by atoms with Crippen LogP contribution in [0.15, 0.2) is 83.2 Å². The number of piperazine rings is 2. The van der Waals surface area contributed by atoms with Gasteiger partial charge in [0.25, 0.3) is 5.91 Å². The number of aliphatic hydroxyl groups excluding tert-OH is 1. The second-order valence-corrected chi connectivity index (χ2v) is 24.9. The van der Waals surface area contributed by atoms with Gasteiger partial charge in [0, 0.05) is 121 Å². The molecule has 2 aromatic heterocycles. The van der Waals surface area contributed by atoms with Gasteiger partial charge in [0.1, 0.15) is 17.9 Å². The number of ether oxygens (including phenoxy) is 2. The van der Waals surface area contributed by atoms with Crippen molar-refractivity contribution >= 4 is 52.2 Å². The van der Waals surface area contributed by atoms with Crippen molar-refractivity contribution in [2.45, 2.75) is 110 Å². The summed E-state index contributed by atoms with van der Waals surface area (Å²) in [7, 11) is 2.01. The number of thiazole rings is 1. The minimum atomic E-state index is -4.97. The lowest BCUT2D eigenvalue weighted by atomic mass is 9.85. The summed E-state index contributed by atoms with van der Waals surface area (Å²) in [4.78, 5) is 96.5. The second kappa shape index (κ2) is 29.9. The molecule has 3 aliphatic heterocycles. The maximum absolute atomic E-state index is 15.8. The number of halogens is 4. The number of pyridine rings is 1. The van der Waals surface area contributed by atoms with Crippen LogP contribution in [0.5, 0.6) is 0 Å². The number of rotatable bonds is 24. The van der Waals surface area contributed by atoms with E-state index in [2.05, 4.69) is 59.8 Å². The second-order valence-electron chi connectivity index (χ2n) is 24.0. The Hall–Kier alpha value is -7.13. The first kappa shape index (κ1) is 66.8. The van der Waals surface area contributed by atoms with Gasteiger partial charge in [0.2, 0.25) is 29.2 Å².